The Morgan fingerprint density at radius 1 is 0.941 bits per heavy atom. The van der Waals surface area contributed by atoms with E-state index < -0.39 is 10.7 Å². The molecule has 1 aromatic carbocycles. The second-order valence-electron chi connectivity index (χ2n) is 9.20. The Kier molecular flexibility index (Phi) is 11.5. The number of benzene rings is 1. The van der Waals surface area contributed by atoms with Crippen LogP contribution in [0.3, 0.4) is 0 Å². The molecule has 1 aliphatic rings. The van der Waals surface area contributed by atoms with Gasteiger partial charge in [-0.05, 0) is 30.9 Å². The third-order valence-corrected chi connectivity index (χ3v) is 8.28. The van der Waals surface area contributed by atoms with Gasteiger partial charge in [-0.25, -0.2) is 9.36 Å². The van der Waals surface area contributed by atoms with Crippen LogP contribution in [0.2, 0.25) is 0 Å². The zero-order chi connectivity index (χ0) is 24.2. The van der Waals surface area contributed by atoms with Gasteiger partial charge in [0.2, 0.25) is 10.8 Å². The highest BCUT2D eigenvalue weighted by Gasteiger charge is 2.44. The molecule has 0 N–H and O–H groups in total. The van der Waals surface area contributed by atoms with Crippen LogP contribution in [0.1, 0.15) is 109 Å². The second-order valence-corrected chi connectivity index (χ2v) is 11.2. The Hall–Kier alpha value is -1.31. The number of nitrogens with zero attached hydrogens (tertiary/aromatic N) is 2. The van der Waals surface area contributed by atoms with Crippen LogP contribution in [0.25, 0.3) is 5.70 Å². The summed E-state index contributed by atoms with van der Waals surface area (Å²) in [5.41, 5.74) is 1.74. The summed E-state index contributed by atoms with van der Waals surface area (Å²) in [5.74, 6) is 0.0228. The van der Waals surface area contributed by atoms with Crippen LogP contribution in [0, 0.1) is 0 Å². The lowest BCUT2D eigenvalue weighted by Crippen LogP contribution is -2.35. The zero-order valence-electron chi connectivity index (χ0n) is 20.7. The van der Waals surface area contributed by atoms with Gasteiger partial charge in [-0.2, -0.15) is 0 Å². The van der Waals surface area contributed by atoms with Gasteiger partial charge >= 0.3 is 5.76 Å². The number of thioether (sulfide) groups is 1. The number of aromatic nitrogens is 2. The normalized spacial score (nSPS) is 17.6. The molecule has 0 saturated carbocycles. The van der Waals surface area contributed by atoms with Crippen LogP contribution in [-0.2, 0) is 9.67 Å². The molecule has 34 heavy (non-hydrogen) atoms. The van der Waals surface area contributed by atoms with E-state index >= 15 is 0 Å². The molecule has 0 radical (unpaired) electrons. The maximum absolute atomic E-state index is 12.3. The summed E-state index contributed by atoms with van der Waals surface area (Å²) in [5, 5.41) is 6.08. The highest BCUT2D eigenvalue weighted by molar-refractivity contribution is 9.10. The molecule has 2 aromatic rings. The molecule has 2 heterocycles. The molecule has 0 fully saturated rings. The van der Waals surface area contributed by atoms with E-state index in [-0.39, 0.29) is 0 Å². The van der Waals surface area contributed by atoms with E-state index in [1.54, 1.807) is 0 Å². The lowest BCUT2D eigenvalue weighted by atomic mass is 10.0. The smallest absolute Gasteiger partial charge is 0.352 e. The average Bonchev–Trinajstić information content (AvgIpc) is 3.24. The first-order chi connectivity index (χ1) is 16.6. The fraction of sp³-hybridized carbons (Fsp3) is 0.630. The van der Waals surface area contributed by atoms with Crippen LogP contribution in [0.5, 0.6) is 0 Å². The van der Waals surface area contributed by atoms with E-state index in [2.05, 4.69) is 28.0 Å². The maximum Gasteiger partial charge on any atom is 0.446 e. The van der Waals surface area contributed by atoms with Gasteiger partial charge in [0.1, 0.15) is 0 Å². The van der Waals surface area contributed by atoms with Crippen molar-refractivity contribution in [2.24, 2.45) is 0 Å². The molecular formula is C27H39BrN2O3S. The maximum atomic E-state index is 12.3. The predicted octanol–water partition coefficient (Wildman–Crippen LogP) is 8.47. The number of allylic oxidation sites excluding steroid dienone is 1. The second kappa shape index (κ2) is 14.3. The molecule has 7 heteroatoms. The summed E-state index contributed by atoms with van der Waals surface area (Å²) < 4.78 is 14.0. The molecule has 3 rings (SSSR count). The summed E-state index contributed by atoms with van der Waals surface area (Å²) >= 11 is 5.04. The minimum Gasteiger partial charge on any atom is -0.352 e. The third kappa shape index (κ3) is 7.34. The minimum absolute atomic E-state index is 0.477. The molecule has 0 saturated heterocycles. The Bertz CT molecular complexity index is 954. The van der Waals surface area contributed by atoms with Crippen molar-refractivity contribution in [1.82, 2.24) is 9.72 Å². The van der Waals surface area contributed by atoms with E-state index in [4.69, 9.17) is 9.26 Å². The van der Waals surface area contributed by atoms with E-state index in [0.717, 1.165) is 28.6 Å². The van der Waals surface area contributed by atoms with Crippen LogP contribution in [-0.4, -0.2) is 16.3 Å². The monoisotopic (exact) mass is 550 g/mol. The standard InChI is InChI=1S/C27H39BrN2O3S/c1-3-4-5-6-7-8-9-10-11-12-13-14-15-20-32-27(23-16-18-24(28)19-17-23)25-29-33-26(31)30(25)22(2)21-34-27/h16-19,21H,3-15,20H2,1-2H3. The van der Waals surface area contributed by atoms with Crippen molar-refractivity contribution in [2.45, 2.75) is 102 Å². The molecule has 0 amide bonds. The number of unbranched alkanes of at least 4 members (excludes halogenated alkanes) is 12. The summed E-state index contributed by atoms with van der Waals surface area (Å²) in [4.78, 5) is 11.4. The lowest BCUT2D eigenvalue weighted by molar-refractivity contribution is 0.0407. The summed E-state index contributed by atoms with van der Waals surface area (Å²) in [7, 11) is 0. The molecular weight excluding hydrogens is 512 g/mol. The number of hydrogen-bond donors (Lipinski definition) is 0. The third-order valence-electron chi connectivity index (χ3n) is 6.42. The number of fused-ring (bicyclic) bond motifs is 1. The zero-order valence-corrected chi connectivity index (χ0v) is 23.1. The van der Waals surface area contributed by atoms with Crippen LogP contribution in [0.15, 0.2) is 43.5 Å². The summed E-state index contributed by atoms with van der Waals surface area (Å²) in [6.45, 7) is 4.76. The predicted molar refractivity (Wildman–Crippen MR) is 145 cm³/mol. The Morgan fingerprint density at radius 3 is 2.09 bits per heavy atom. The number of halogens is 1. The van der Waals surface area contributed by atoms with Crippen LogP contribution < -0.4 is 5.76 Å². The first-order valence-electron chi connectivity index (χ1n) is 12.9. The van der Waals surface area contributed by atoms with Gasteiger partial charge in [0.25, 0.3) is 0 Å². The van der Waals surface area contributed by atoms with Gasteiger partial charge in [-0.1, -0.05) is 129 Å². The van der Waals surface area contributed by atoms with Gasteiger partial charge in [0.05, 0.1) is 0 Å². The number of rotatable bonds is 16. The van der Waals surface area contributed by atoms with E-state index in [1.165, 1.54) is 87.0 Å². The first-order valence-corrected chi connectivity index (χ1v) is 14.6. The van der Waals surface area contributed by atoms with Crippen LogP contribution in [0.4, 0.5) is 0 Å². The Morgan fingerprint density at radius 2 is 1.50 bits per heavy atom. The number of hydrogen-bond acceptors (Lipinski definition) is 5. The van der Waals surface area contributed by atoms with Crippen molar-refractivity contribution in [3.8, 4) is 0 Å². The van der Waals surface area contributed by atoms with Gasteiger partial charge in [0.15, 0.2) is 0 Å². The molecule has 1 unspecified atom stereocenters. The average molecular weight is 552 g/mol. The van der Waals surface area contributed by atoms with Gasteiger partial charge in [-0.3, -0.25) is 4.52 Å². The molecule has 1 aromatic heterocycles. The highest BCUT2D eigenvalue weighted by Crippen LogP contribution is 2.47. The molecule has 1 atom stereocenters. The quantitative estimate of drug-likeness (QED) is 0.196. The molecule has 5 nitrogen and oxygen atoms in total. The van der Waals surface area contributed by atoms with Crippen LogP contribution >= 0.6 is 27.7 Å². The molecule has 0 spiro atoms. The molecule has 0 bridgehead atoms. The largest absolute Gasteiger partial charge is 0.446 e. The minimum atomic E-state index is -0.885. The molecule has 188 valence electrons. The van der Waals surface area contributed by atoms with Gasteiger partial charge in [-0.15, -0.1) is 0 Å². The van der Waals surface area contributed by atoms with Gasteiger partial charge in [0, 0.05) is 22.3 Å². The first kappa shape index (κ1) is 27.3. The molecule has 0 aliphatic carbocycles. The fourth-order valence-electron chi connectivity index (χ4n) is 4.43. The summed E-state index contributed by atoms with van der Waals surface area (Å²) in [6, 6.07) is 8.00. The van der Waals surface area contributed by atoms with Crippen molar-refractivity contribution in [3.63, 3.8) is 0 Å². The van der Waals surface area contributed by atoms with E-state index in [0.29, 0.717) is 12.4 Å². The summed E-state index contributed by atoms with van der Waals surface area (Å²) in [6.07, 6.45) is 17.1. The molecule has 1 aliphatic heterocycles. The SMILES string of the molecule is CCCCCCCCCCCCCCCOC1(c2ccc(Br)cc2)SC=C(C)n2c1noc2=O. The number of ether oxygens (including phenoxy) is 1. The van der Waals surface area contributed by atoms with Crippen molar-refractivity contribution in [1.29, 1.82) is 0 Å². The topological polar surface area (TPSA) is 57.3 Å². The van der Waals surface area contributed by atoms with Crippen molar-refractivity contribution in [3.05, 3.63) is 56.1 Å². The Labute approximate surface area is 216 Å². The fourth-order valence-corrected chi connectivity index (χ4v) is 5.79. The lowest BCUT2D eigenvalue weighted by Gasteiger charge is -2.34. The van der Waals surface area contributed by atoms with E-state index in [1.807, 2.05) is 36.6 Å². The van der Waals surface area contributed by atoms with E-state index in [9.17, 15) is 4.79 Å². The highest BCUT2D eigenvalue weighted by atomic mass is 79.9. The van der Waals surface area contributed by atoms with Gasteiger partial charge < -0.3 is 4.74 Å². The van der Waals surface area contributed by atoms with Crippen molar-refractivity contribution >= 4 is 33.4 Å². The Balaban J connectivity index is 1.44. The van der Waals surface area contributed by atoms with Crippen molar-refractivity contribution < 1.29 is 9.26 Å². The van der Waals surface area contributed by atoms with Crippen molar-refractivity contribution in [2.75, 3.05) is 6.61 Å².